The van der Waals surface area contributed by atoms with Crippen molar-refractivity contribution in [1.82, 2.24) is 4.90 Å². The first kappa shape index (κ1) is 17.0. The number of ketones is 1. The normalized spacial score (nSPS) is 15.7. The van der Waals surface area contributed by atoms with Crippen LogP contribution in [0.5, 0.6) is 0 Å². The first-order valence-corrected chi connectivity index (χ1v) is 7.90. The highest BCUT2D eigenvalue weighted by Gasteiger charge is 2.41. The molecule has 0 radical (unpaired) electrons. The summed E-state index contributed by atoms with van der Waals surface area (Å²) in [5, 5.41) is 12.5. The Kier molecular flexibility index (Phi) is 5.05. The van der Waals surface area contributed by atoms with Crippen LogP contribution >= 0.6 is 0 Å². The Morgan fingerprint density at radius 1 is 1.30 bits per heavy atom. The zero-order valence-corrected chi connectivity index (χ0v) is 14.0. The lowest BCUT2D eigenvalue weighted by Gasteiger charge is -2.31. The second kappa shape index (κ2) is 6.82. The molecule has 122 valence electrons. The van der Waals surface area contributed by atoms with Crippen LogP contribution in [0.1, 0.15) is 48.5 Å². The van der Waals surface area contributed by atoms with Crippen LogP contribution in [0.3, 0.4) is 0 Å². The van der Waals surface area contributed by atoms with E-state index in [-0.39, 0.29) is 11.7 Å². The van der Waals surface area contributed by atoms with Gasteiger partial charge in [-0.1, -0.05) is 12.8 Å². The van der Waals surface area contributed by atoms with E-state index in [1.807, 2.05) is 0 Å². The molecule has 1 aromatic carbocycles. The summed E-state index contributed by atoms with van der Waals surface area (Å²) in [6, 6.07) is 7.13. The second-order valence-electron chi connectivity index (χ2n) is 6.47. The Bertz CT molecular complexity index is 653. The van der Waals surface area contributed by atoms with Gasteiger partial charge in [-0.2, -0.15) is 5.26 Å². The largest absolute Gasteiger partial charge is 0.383 e. The molecule has 0 saturated heterocycles. The fourth-order valence-electron chi connectivity index (χ4n) is 3.26. The van der Waals surface area contributed by atoms with Crippen LogP contribution in [0, 0.1) is 16.7 Å². The Hall–Kier alpha value is -2.35. The number of nitrogens with zero attached hydrogens (tertiary/aromatic N) is 2. The molecule has 0 aliphatic heterocycles. The average Bonchev–Trinajstić information content (AvgIpc) is 3.01. The molecule has 1 aliphatic rings. The number of nitrogens with one attached hydrogen (secondary N) is 1. The lowest BCUT2D eigenvalue weighted by atomic mass is 9.84. The summed E-state index contributed by atoms with van der Waals surface area (Å²) in [5.74, 6) is 0.0845. The molecule has 0 bridgehead atoms. The number of rotatable bonds is 5. The number of carbonyl (C=O) groups is 2. The van der Waals surface area contributed by atoms with Gasteiger partial charge in [-0.25, -0.2) is 0 Å². The third kappa shape index (κ3) is 3.53. The van der Waals surface area contributed by atoms with Gasteiger partial charge in [-0.15, -0.1) is 0 Å². The van der Waals surface area contributed by atoms with Gasteiger partial charge in [-0.05, 0) is 38.0 Å². The van der Waals surface area contributed by atoms with Crippen LogP contribution in [0.2, 0.25) is 0 Å². The molecule has 0 unspecified atom stereocenters. The molecule has 5 nitrogen and oxygen atoms in total. The van der Waals surface area contributed by atoms with Crippen molar-refractivity contribution in [3.8, 4) is 6.07 Å². The summed E-state index contributed by atoms with van der Waals surface area (Å²) in [6.45, 7) is 1.99. The van der Waals surface area contributed by atoms with Crippen LogP contribution in [0.25, 0.3) is 0 Å². The van der Waals surface area contributed by atoms with Crippen molar-refractivity contribution in [1.29, 1.82) is 5.26 Å². The molecular formula is C18H23N3O2. The third-order valence-corrected chi connectivity index (χ3v) is 4.58. The number of hydrogen-bond acceptors (Lipinski definition) is 4. The summed E-state index contributed by atoms with van der Waals surface area (Å²) < 4.78 is 0. The fraction of sp³-hybridized carbons (Fsp3) is 0.500. The topological polar surface area (TPSA) is 73.2 Å². The minimum absolute atomic E-state index is 0.0440. The predicted molar refractivity (Wildman–Crippen MR) is 89.2 cm³/mol. The standard InChI is InChI=1S/C18H23N3O2/c1-13(22)14-6-7-15(11-19)16(10-14)20-12-18(8-4-5-9-18)17(23)21(2)3/h6-7,10,20H,4-5,8-9,12H2,1-3H3. The zero-order chi connectivity index (χ0) is 17.0. The number of Topliss-reactive ketones (excluding diaryl/α,β-unsaturated/α-hetero) is 1. The van der Waals surface area contributed by atoms with Crippen molar-refractivity contribution in [2.24, 2.45) is 5.41 Å². The summed E-state index contributed by atoms with van der Waals surface area (Å²) in [6.07, 6.45) is 3.79. The minimum atomic E-state index is -0.414. The van der Waals surface area contributed by atoms with E-state index in [0.717, 1.165) is 25.7 Å². The number of nitriles is 1. The van der Waals surface area contributed by atoms with Crippen molar-refractivity contribution < 1.29 is 9.59 Å². The predicted octanol–water partition coefficient (Wildman–Crippen LogP) is 2.82. The molecule has 1 amide bonds. The van der Waals surface area contributed by atoms with E-state index in [1.165, 1.54) is 6.92 Å². The summed E-state index contributed by atoms with van der Waals surface area (Å²) in [7, 11) is 3.55. The van der Waals surface area contributed by atoms with E-state index in [1.54, 1.807) is 37.2 Å². The summed E-state index contributed by atoms with van der Waals surface area (Å²) >= 11 is 0. The van der Waals surface area contributed by atoms with E-state index >= 15 is 0 Å². The van der Waals surface area contributed by atoms with Gasteiger partial charge in [0.05, 0.1) is 16.7 Å². The molecule has 1 aliphatic carbocycles. The minimum Gasteiger partial charge on any atom is -0.383 e. The van der Waals surface area contributed by atoms with Crippen molar-refractivity contribution >= 4 is 17.4 Å². The number of amides is 1. The van der Waals surface area contributed by atoms with Crippen molar-refractivity contribution in [2.75, 3.05) is 26.0 Å². The molecule has 5 heteroatoms. The van der Waals surface area contributed by atoms with E-state index in [2.05, 4.69) is 11.4 Å². The van der Waals surface area contributed by atoms with Gasteiger partial charge < -0.3 is 10.2 Å². The average molecular weight is 313 g/mol. The van der Waals surface area contributed by atoms with Gasteiger partial charge in [0.2, 0.25) is 5.91 Å². The Labute approximate surface area is 137 Å². The molecule has 23 heavy (non-hydrogen) atoms. The number of hydrogen-bond donors (Lipinski definition) is 1. The van der Waals surface area contributed by atoms with E-state index in [0.29, 0.717) is 23.4 Å². The number of carbonyl (C=O) groups excluding carboxylic acids is 2. The maximum absolute atomic E-state index is 12.6. The second-order valence-corrected chi connectivity index (χ2v) is 6.47. The van der Waals surface area contributed by atoms with Gasteiger partial charge in [0, 0.05) is 26.2 Å². The monoisotopic (exact) mass is 313 g/mol. The number of anilines is 1. The summed E-state index contributed by atoms with van der Waals surface area (Å²) in [5.41, 5.74) is 1.26. The molecule has 1 aromatic rings. The lowest BCUT2D eigenvalue weighted by molar-refractivity contribution is -0.138. The zero-order valence-electron chi connectivity index (χ0n) is 14.0. The van der Waals surface area contributed by atoms with Gasteiger partial charge in [0.25, 0.3) is 0 Å². The maximum atomic E-state index is 12.6. The molecule has 0 aromatic heterocycles. The molecule has 0 atom stereocenters. The van der Waals surface area contributed by atoms with Gasteiger partial charge in [0.15, 0.2) is 5.78 Å². The Morgan fingerprint density at radius 2 is 1.96 bits per heavy atom. The van der Waals surface area contributed by atoms with E-state index in [4.69, 9.17) is 0 Å². The van der Waals surface area contributed by atoms with Crippen molar-refractivity contribution in [3.05, 3.63) is 29.3 Å². The highest BCUT2D eigenvalue weighted by molar-refractivity contribution is 5.95. The smallest absolute Gasteiger partial charge is 0.230 e. The molecular weight excluding hydrogens is 290 g/mol. The first-order chi connectivity index (χ1) is 10.9. The van der Waals surface area contributed by atoms with Crippen molar-refractivity contribution in [2.45, 2.75) is 32.6 Å². The van der Waals surface area contributed by atoms with Crippen LogP contribution in [-0.4, -0.2) is 37.2 Å². The van der Waals surface area contributed by atoms with Crippen LogP contribution < -0.4 is 5.32 Å². The number of benzene rings is 1. The van der Waals surface area contributed by atoms with Gasteiger partial charge in [0.1, 0.15) is 6.07 Å². The summed E-state index contributed by atoms with van der Waals surface area (Å²) in [4.78, 5) is 25.8. The third-order valence-electron chi connectivity index (χ3n) is 4.58. The van der Waals surface area contributed by atoms with Crippen molar-refractivity contribution in [3.63, 3.8) is 0 Å². The highest BCUT2D eigenvalue weighted by atomic mass is 16.2. The van der Waals surface area contributed by atoms with E-state index in [9.17, 15) is 14.9 Å². The molecule has 0 heterocycles. The quantitative estimate of drug-likeness (QED) is 0.848. The Morgan fingerprint density at radius 3 is 2.48 bits per heavy atom. The van der Waals surface area contributed by atoms with Crippen LogP contribution in [0.15, 0.2) is 18.2 Å². The van der Waals surface area contributed by atoms with Gasteiger partial charge in [-0.3, -0.25) is 9.59 Å². The molecule has 1 fully saturated rings. The first-order valence-electron chi connectivity index (χ1n) is 7.90. The highest BCUT2D eigenvalue weighted by Crippen LogP contribution is 2.39. The lowest BCUT2D eigenvalue weighted by Crippen LogP contribution is -2.43. The Balaban J connectivity index is 2.24. The maximum Gasteiger partial charge on any atom is 0.230 e. The molecule has 1 saturated carbocycles. The molecule has 1 N–H and O–H groups in total. The van der Waals surface area contributed by atoms with Gasteiger partial charge >= 0.3 is 0 Å². The van der Waals surface area contributed by atoms with E-state index < -0.39 is 5.41 Å². The molecule has 0 spiro atoms. The molecule has 2 rings (SSSR count). The SMILES string of the molecule is CC(=O)c1ccc(C#N)c(NCC2(C(=O)N(C)C)CCCC2)c1. The van der Waals surface area contributed by atoms with Crippen LogP contribution in [-0.2, 0) is 4.79 Å². The van der Waals surface area contributed by atoms with Crippen LogP contribution in [0.4, 0.5) is 5.69 Å². The fourth-order valence-corrected chi connectivity index (χ4v) is 3.26.